The number of likely N-dealkylation sites (tertiary alicyclic amines) is 1. The molecule has 0 aliphatic carbocycles. The third-order valence-corrected chi connectivity index (χ3v) is 6.04. The van der Waals surface area contributed by atoms with Gasteiger partial charge in [-0.2, -0.15) is 0 Å². The first-order valence-electron chi connectivity index (χ1n) is 10.5. The molecular formula is C21H30FN5O4. The lowest BCUT2D eigenvalue weighted by molar-refractivity contribution is -0.133. The van der Waals surface area contributed by atoms with Crippen molar-refractivity contribution in [3.05, 3.63) is 29.6 Å². The molecule has 2 amide bonds. The number of carbonyl (C=O) groups is 2. The molecule has 0 unspecified atom stereocenters. The van der Waals surface area contributed by atoms with Gasteiger partial charge < -0.3 is 25.4 Å². The SMILES string of the molecule is COCCC(=O)N1CCC(C2CN(c3cccc(CN=C(N)NC(=O)O)c3F)C2)CC1. The number of aliphatic imine (C=N–C) groups is 1. The lowest BCUT2D eigenvalue weighted by Gasteiger charge is -2.47. The molecule has 2 saturated heterocycles. The Balaban J connectivity index is 1.50. The van der Waals surface area contributed by atoms with Crippen LogP contribution in [0, 0.1) is 17.7 Å². The lowest BCUT2D eigenvalue weighted by atomic mass is 9.79. The number of rotatable bonds is 7. The molecule has 3 rings (SSSR count). The molecule has 1 aromatic rings. The summed E-state index contributed by atoms with van der Waals surface area (Å²) in [6, 6.07) is 5.13. The van der Waals surface area contributed by atoms with Crippen LogP contribution >= 0.6 is 0 Å². The van der Waals surface area contributed by atoms with Gasteiger partial charge in [-0.05, 0) is 30.7 Å². The second-order valence-electron chi connectivity index (χ2n) is 8.01. The van der Waals surface area contributed by atoms with E-state index in [1.54, 1.807) is 25.3 Å². The van der Waals surface area contributed by atoms with E-state index in [9.17, 15) is 14.0 Å². The van der Waals surface area contributed by atoms with Gasteiger partial charge in [-0.3, -0.25) is 10.1 Å². The molecule has 0 atom stereocenters. The number of ether oxygens (including phenoxy) is 1. The minimum atomic E-state index is -1.31. The molecule has 2 aliphatic heterocycles. The first-order chi connectivity index (χ1) is 14.9. The minimum Gasteiger partial charge on any atom is -0.465 e. The fourth-order valence-corrected chi connectivity index (χ4v) is 4.23. The van der Waals surface area contributed by atoms with Crippen LogP contribution < -0.4 is 16.0 Å². The second-order valence-corrected chi connectivity index (χ2v) is 8.01. The Kier molecular flexibility index (Phi) is 7.67. The van der Waals surface area contributed by atoms with E-state index < -0.39 is 6.09 Å². The van der Waals surface area contributed by atoms with Gasteiger partial charge in [0, 0.05) is 38.9 Å². The summed E-state index contributed by atoms with van der Waals surface area (Å²) in [7, 11) is 1.60. The number of hydrogen-bond acceptors (Lipinski definition) is 5. The highest BCUT2D eigenvalue weighted by molar-refractivity contribution is 5.91. The molecule has 0 aromatic heterocycles. The first-order valence-corrected chi connectivity index (χ1v) is 10.5. The zero-order chi connectivity index (χ0) is 22.4. The largest absolute Gasteiger partial charge is 0.465 e. The Morgan fingerprint density at radius 1 is 1.29 bits per heavy atom. The van der Waals surface area contributed by atoms with Crippen LogP contribution in [0.15, 0.2) is 23.2 Å². The zero-order valence-corrected chi connectivity index (χ0v) is 17.7. The summed E-state index contributed by atoms with van der Waals surface area (Å²) in [6.45, 7) is 3.53. The van der Waals surface area contributed by atoms with Gasteiger partial charge in [0.15, 0.2) is 11.8 Å². The molecule has 2 fully saturated rings. The summed E-state index contributed by atoms with van der Waals surface area (Å²) in [5, 5.41) is 10.6. The van der Waals surface area contributed by atoms with Crippen molar-refractivity contribution in [2.45, 2.75) is 25.8 Å². The van der Waals surface area contributed by atoms with E-state index >= 15 is 0 Å². The number of piperidine rings is 1. The van der Waals surface area contributed by atoms with Gasteiger partial charge >= 0.3 is 6.09 Å². The fraction of sp³-hybridized carbons (Fsp3) is 0.571. The van der Waals surface area contributed by atoms with Gasteiger partial charge in [0.05, 0.1) is 25.3 Å². The molecule has 2 heterocycles. The maximum atomic E-state index is 14.9. The summed E-state index contributed by atoms with van der Waals surface area (Å²) >= 11 is 0. The van der Waals surface area contributed by atoms with Gasteiger partial charge in [0.1, 0.15) is 0 Å². The van der Waals surface area contributed by atoms with Crippen molar-refractivity contribution in [2.24, 2.45) is 22.6 Å². The van der Waals surface area contributed by atoms with Crippen molar-refractivity contribution in [3.63, 3.8) is 0 Å². The highest BCUT2D eigenvalue weighted by atomic mass is 19.1. The Morgan fingerprint density at radius 2 is 2.00 bits per heavy atom. The number of carboxylic acid groups (broad SMARTS) is 1. The molecule has 9 nitrogen and oxygen atoms in total. The molecule has 170 valence electrons. The van der Waals surface area contributed by atoms with E-state index in [-0.39, 0.29) is 24.2 Å². The molecule has 1 aromatic carbocycles. The van der Waals surface area contributed by atoms with Crippen LogP contribution in [0.5, 0.6) is 0 Å². The van der Waals surface area contributed by atoms with Crippen molar-refractivity contribution < 1.29 is 23.8 Å². The number of benzene rings is 1. The highest BCUT2D eigenvalue weighted by Gasteiger charge is 2.37. The first kappa shape index (κ1) is 22.8. The van der Waals surface area contributed by atoms with Crippen molar-refractivity contribution in [2.75, 3.05) is 44.8 Å². The topological polar surface area (TPSA) is 120 Å². The predicted octanol–water partition coefficient (Wildman–Crippen LogP) is 1.62. The number of halogens is 1. The maximum Gasteiger partial charge on any atom is 0.411 e. The third-order valence-electron chi connectivity index (χ3n) is 6.04. The lowest BCUT2D eigenvalue weighted by Crippen LogP contribution is -2.53. The summed E-state index contributed by atoms with van der Waals surface area (Å²) in [6.07, 6.45) is 1.07. The minimum absolute atomic E-state index is 0.0430. The number of amides is 2. The fourth-order valence-electron chi connectivity index (χ4n) is 4.23. The Bertz CT molecular complexity index is 820. The van der Waals surface area contributed by atoms with Crippen LogP contribution in [0.4, 0.5) is 14.9 Å². The van der Waals surface area contributed by atoms with Crippen LogP contribution in [0.1, 0.15) is 24.8 Å². The number of hydrogen-bond donors (Lipinski definition) is 3. The number of nitrogens with one attached hydrogen (secondary N) is 1. The van der Waals surface area contributed by atoms with E-state index in [1.165, 1.54) is 0 Å². The highest BCUT2D eigenvalue weighted by Crippen LogP contribution is 2.36. The predicted molar refractivity (Wildman–Crippen MR) is 114 cm³/mol. The Labute approximate surface area is 181 Å². The third kappa shape index (κ3) is 5.84. The van der Waals surface area contributed by atoms with Crippen molar-refractivity contribution in [1.82, 2.24) is 10.2 Å². The maximum absolute atomic E-state index is 14.9. The number of anilines is 1. The van der Waals surface area contributed by atoms with E-state index in [0.717, 1.165) is 39.0 Å². The van der Waals surface area contributed by atoms with Crippen LogP contribution in [-0.4, -0.2) is 67.9 Å². The number of methoxy groups -OCH3 is 1. The van der Waals surface area contributed by atoms with Crippen LogP contribution in [0.25, 0.3) is 0 Å². The molecule has 0 saturated carbocycles. The number of carbonyl (C=O) groups excluding carboxylic acids is 1. The molecule has 31 heavy (non-hydrogen) atoms. The summed E-state index contributed by atoms with van der Waals surface area (Å²) in [4.78, 5) is 30.5. The van der Waals surface area contributed by atoms with Crippen molar-refractivity contribution in [3.8, 4) is 0 Å². The summed E-state index contributed by atoms with van der Waals surface area (Å²) in [5.74, 6) is 0.559. The molecule has 4 N–H and O–H groups in total. The van der Waals surface area contributed by atoms with Gasteiger partial charge in [0.25, 0.3) is 0 Å². The molecule has 0 radical (unpaired) electrons. The monoisotopic (exact) mass is 435 g/mol. The smallest absolute Gasteiger partial charge is 0.411 e. The van der Waals surface area contributed by atoms with Gasteiger partial charge in [-0.15, -0.1) is 0 Å². The standard InChI is InChI=1S/C21H30FN5O4/c1-31-10-7-18(28)26-8-5-14(6-9-26)16-12-27(13-16)17-4-2-3-15(19(17)22)11-24-20(23)25-21(29)30/h2-4,14,16H,5-13H2,1H3,(H,29,30)(H3,23,24,25). The van der Waals surface area contributed by atoms with Gasteiger partial charge in [0.2, 0.25) is 5.91 Å². The molecular weight excluding hydrogens is 405 g/mol. The van der Waals surface area contributed by atoms with E-state index in [1.807, 2.05) is 15.1 Å². The van der Waals surface area contributed by atoms with Crippen LogP contribution in [0.3, 0.4) is 0 Å². The van der Waals surface area contributed by atoms with E-state index in [4.69, 9.17) is 15.6 Å². The van der Waals surface area contributed by atoms with Gasteiger partial charge in [-0.1, -0.05) is 12.1 Å². The molecule has 10 heteroatoms. The van der Waals surface area contributed by atoms with Crippen molar-refractivity contribution >= 4 is 23.6 Å². The zero-order valence-electron chi connectivity index (χ0n) is 17.7. The Morgan fingerprint density at radius 3 is 2.65 bits per heavy atom. The normalized spacial score (nSPS) is 18.1. The molecule has 0 spiro atoms. The average molecular weight is 436 g/mol. The molecule has 0 bridgehead atoms. The number of guanidine groups is 1. The second kappa shape index (κ2) is 10.4. The summed E-state index contributed by atoms with van der Waals surface area (Å²) < 4.78 is 19.9. The van der Waals surface area contributed by atoms with Gasteiger partial charge in [-0.25, -0.2) is 14.2 Å². The number of nitrogens with zero attached hydrogens (tertiary/aromatic N) is 3. The Hall–Kier alpha value is -2.88. The van der Waals surface area contributed by atoms with E-state index in [0.29, 0.717) is 36.1 Å². The summed E-state index contributed by atoms with van der Waals surface area (Å²) in [5.41, 5.74) is 6.34. The van der Waals surface area contributed by atoms with Crippen LogP contribution in [0.2, 0.25) is 0 Å². The number of nitrogens with two attached hydrogens (primary N) is 1. The quantitative estimate of drug-likeness (QED) is 0.442. The van der Waals surface area contributed by atoms with E-state index in [2.05, 4.69) is 4.99 Å². The molecule has 2 aliphatic rings. The average Bonchev–Trinajstić information content (AvgIpc) is 2.71. The van der Waals surface area contributed by atoms with Crippen molar-refractivity contribution in [1.29, 1.82) is 0 Å². The van der Waals surface area contributed by atoms with Crippen LogP contribution in [-0.2, 0) is 16.1 Å².